The van der Waals surface area contributed by atoms with Crippen molar-refractivity contribution < 1.29 is 4.42 Å². The van der Waals surface area contributed by atoms with Gasteiger partial charge in [0.15, 0.2) is 11.5 Å². The molecule has 0 saturated heterocycles. The Kier molecular flexibility index (Phi) is 4.02. The van der Waals surface area contributed by atoms with Crippen molar-refractivity contribution in [2.24, 2.45) is 0 Å². The SMILES string of the molecule is Brc1cccc2nc(CCCNc3ccccc3)oc12. The molecule has 2 aromatic carbocycles. The molecule has 0 amide bonds. The molecule has 3 nitrogen and oxygen atoms in total. The van der Waals surface area contributed by atoms with Gasteiger partial charge in [0, 0.05) is 18.7 Å². The molecule has 0 atom stereocenters. The molecule has 4 heteroatoms. The van der Waals surface area contributed by atoms with E-state index < -0.39 is 0 Å². The third-order valence-corrected chi connectivity index (χ3v) is 3.71. The summed E-state index contributed by atoms with van der Waals surface area (Å²) in [6, 6.07) is 16.1. The number of hydrogen-bond donors (Lipinski definition) is 1. The maximum Gasteiger partial charge on any atom is 0.195 e. The van der Waals surface area contributed by atoms with Gasteiger partial charge in [-0.05, 0) is 46.6 Å². The normalized spacial score (nSPS) is 10.8. The second-order valence-electron chi connectivity index (χ2n) is 4.59. The molecule has 1 aromatic heterocycles. The molecule has 0 spiro atoms. The molecule has 0 unspecified atom stereocenters. The van der Waals surface area contributed by atoms with Crippen LogP contribution < -0.4 is 5.32 Å². The number of para-hydroxylation sites is 2. The highest BCUT2D eigenvalue weighted by atomic mass is 79.9. The van der Waals surface area contributed by atoms with Crippen LogP contribution in [-0.2, 0) is 6.42 Å². The van der Waals surface area contributed by atoms with Crippen LogP contribution in [0.25, 0.3) is 11.1 Å². The summed E-state index contributed by atoms with van der Waals surface area (Å²) in [4.78, 5) is 4.49. The van der Waals surface area contributed by atoms with Crippen molar-refractivity contribution in [3.8, 4) is 0 Å². The molecule has 0 aliphatic rings. The zero-order valence-corrected chi connectivity index (χ0v) is 12.6. The highest BCUT2D eigenvalue weighted by molar-refractivity contribution is 9.10. The monoisotopic (exact) mass is 330 g/mol. The largest absolute Gasteiger partial charge is 0.440 e. The van der Waals surface area contributed by atoms with Crippen molar-refractivity contribution in [2.45, 2.75) is 12.8 Å². The predicted molar refractivity (Wildman–Crippen MR) is 85.0 cm³/mol. The van der Waals surface area contributed by atoms with Gasteiger partial charge in [-0.15, -0.1) is 0 Å². The Morgan fingerprint density at radius 3 is 2.70 bits per heavy atom. The quantitative estimate of drug-likeness (QED) is 0.693. The Morgan fingerprint density at radius 2 is 1.90 bits per heavy atom. The summed E-state index contributed by atoms with van der Waals surface area (Å²) in [5.41, 5.74) is 2.89. The van der Waals surface area contributed by atoms with Gasteiger partial charge < -0.3 is 9.73 Å². The molecule has 0 radical (unpaired) electrons. The summed E-state index contributed by atoms with van der Waals surface area (Å²) in [7, 11) is 0. The Bertz CT molecular complexity index is 694. The third-order valence-electron chi connectivity index (χ3n) is 3.08. The van der Waals surface area contributed by atoms with E-state index in [-0.39, 0.29) is 0 Å². The van der Waals surface area contributed by atoms with Crippen LogP contribution >= 0.6 is 15.9 Å². The number of aryl methyl sites for hydroxylation is 1. The Labute approximate surface area is 126 Å². The second kappa shape index (κ2) is 6.09. The fraction of sp³-hybridized carbons (Fsp3) is 0.188. The molecule has 20 heavy (non-hydrogen) atoms. The van der Waals surface area contributed by atoms with E-state index in [2.05, 4.69) is 38.4 Å². The standard InChI is InChI=1S/C16H15BrN2O/c17-13-8-4-9-14-16(13)20-15(19-14)10-5-11-18-12-6-2-1-3-7-12/h1-4,6-9,18H,5,10-11H2. The molecular weight excluding hydrogens is 316 g/mol. The van der Waals surface area contributed by atoms with E-state index in [1.807, 2.05) is 36.4 Å². The van der Waals surface area contributed by atoms with Gasteiger partial charge in [0.25, 0.3) is 0 Å². The highest BCUT2D eigenvalue weighted by Gasteiger charge is 2.07. The van der Waals surface area contributed by atoms with Crippen molar-refractivity contribution in [3.05, 3.63) is 58.9 Å². The van der Waals surface area contributed by atoms with Crippen LogP contribution in [-0.4, -0.2) is 11.5 Å². The second-order valence-corrected chi connectivity index (χ2v) is 5.45. The molecule has 0 aliphatic heterocycles. The summed E-state index contributed by atoms with van der Waals surface area (Å²) in [6.07, 6.45) is 1.82. The number of aromatic nitrogens is 1. The summed E-state index contributed by atoms with van der Waals surface area (Å²) < 4.78 is 6.72. The van der Waals surface area contributed by atoms with Gasteiger partial charge in [0.05, 0.1) is 4.47 Å². The van der Waals surface area contributed by atoms with Crippen LogP contribution in [0, 0.1) is 0 Å². The number of nitrogens with one attached hydrogen (secondary N) is 1. The van der Waals surface area contributed by atoms with E-state index in [0.717, 1.165) is 46.5 Å². The maximum atomic E-state index is 5.77. The number of hydrogen-bond acceptors (Lipinski definition) is 3. The lowest BCUT2D eigenvalue weighted by Crippen LogP contribution is -2.02. The molecule has 3 aromatic rings. The molecule has 0 bridgehead atoms. The Balaban J connectivity index is 1.56. The van der Waals surface area contributed by atoms with Crippen LogP contribution in [0.5, 0.6) is 0 Å². The molecule has 1 heterocycles. The van der Waals surface area contributed by atoms with E-state index in [1.54, 1.807) is 0 Å². The first kappa shape index (κ1) is 13.2. The fourth-order valence-electron chi connectivity index (χ4n) is 2.10. The van der Waals surface area contributed by atoms with Gasteiger partial charge in [-0.1, -0.05) is 24.3 Å². The van der Waals surface area contributed by atoms with Crippen LogP contribution in [0.1, 0.15) is 12.3 Å². The number of oxazole rings is 1. The van der Waals surface area contributed by atoms with E-state index in [9.17, 15) is 0 Å². The zero-order chi connectivity index (χ0) is 13.8. The lowest BCUT2D eigenvalue weighted by atomic mass is 10.3. The maximum absolute atomic E-state index is 5.77. The summed E-state index contributed by atoms with van der Waals surface area (Å²) in [5, 5.41) is 3.38. The third kappa shape index (κ3) is 3.02. The average molecular weight is 331 g/mol. The molecule has 0 saturated carbocycles. The molecule has 0 aliphatic carbocycles. The number of anilines is 1. The average Bonchev–Trinajstić information content (AvgIpc) is 2.89. The van der Waals surface area contributed by atoms with Crippen molar-refractivity contribution in [3.63, 3.8) is 0 Å². The van der Waals surface area contributed by atoms with Crippen molar-refractivity contribution in [2.75, 3.05) is 11.9 Å². The van der Waals surface area contributed by atoms with Gasteiger partial charge in [0.1, 0.15) is 5.52 Å². The molecular formula is C16H15BrN2O. The zero-order valence-electron chi connectivity index (χ0n) is 11.0. The summed E-state index contributed by atoms with van der Waals surface area (Å²) >= 11 is 3.48. The van der Waals surface area contributed by atoms with E-state index in [4.69, 9.17) is 4.42 Å². The van der Waals surface area contributed by atoms with Crippen molar-refractivity contribution in [1.29, 1.82) is 0 Å². The van der Waals surface area contributed by atoms with Gasteiger partial charge in [-0.3, -0.25) is 0 Å². The Morgan fingerprint density at radius 1 is 1.05 bits per heavy atom. The number of fused-ring (bicyclic) bond motifs is 1. The minimum atomic E-state index is 0.793. The van der Waals surface area contributed by atoms with Crippen LogP contribution in [0.2, 0.25) is 0 Å². The number of nitrogens with zero attached hydrogens (tertiary/aromatic N) is 1. The highest BCUT2D eigenvalue weighted by Crippen LogP contribution is 2.24. The smallest absolute Gasteiger partial charge is 0.195 e. The minimum Gasteiger partial charge on any atom is -0.440 e. The molecule has 3 rings (SSSR count). The topological polar surface area (TPSA) is 38.1 Å². The minimum absolute atomic E-state index is 0.793. The first-order valence-electron chi connectivity index (χ1n) is 6.66. The number of rotatable bonds is 5. The van der Waals surface area contributed by atoms with E-state index >= 15 is 0 Å². The lowest BCUT2D eigenvalue weighted by Gasteiger charge is -2.04. The van der Waals surface area contributed by atoms with Crippen molar-refractivity contribution >= 4 is 32.7 Å². The lowest BCUT2D eigenvalue weighted by molar-refractivity contribution is 0.522. The van der Waals surface area contributed by atoms with Crippen LogP contribution in [0.15, 0.2) is 57.4 Å². The first-order valence-corrected chi connectivity index (χ1v) is 7.45. The van der Waals surface area contributed by atoms with E-state index in [0.29, 0.717) is 0 Å². The summed E-state index contributed by atoms with van der Waals surface area (Å²) in [6.45, 7) is 0.907. The molecule has 0 fully saturated rings. The Hall–Kier alpha value is -1.81. The van der Waals surface area contributed by atoms with Crippen LogP contribution in [0.3, 0.4) is 0 Å². The van der Waals surface area contributed by atoms with Gasteiger partial charge in [-0.2, -0.15) is 0 Å². The molecule has 102 valence electrons. The summed E-state index contributed by atoms with van der Waals surface area (Å²) in [5.74, 6) is 0.793. The van der Waals surface area contributed by atoms with Crippen molar-refractivity contribution in [1.82, 2.24) is 4.98 Å². The van der Waals surface area contributed by atoms with Crippen LogP contribution in [0.4, 0.5) is 5.69 Å². The first-order chi connectivity index (χ1) is 9.83. The van der Waals surface area contributed by atoms with Gasteiger partial charge >= 0.3 is 0 Å². The number of halogens is 1. The van der Waals surface area contributed by atoms with E-state index in [1.165, 1.54) is 0 Å². The van der Waals surface area contributed by atoms with Gasteiger partial charge in [-0.25, -0.2) is 4.98 Å². The number of benzene rings is 2. The fourth-order valence-corrected chi connectivity index (χ4v) is 2.53. The predicted octanol–water partition coefficient (Wildman–Crippen LogP) is 4.64. The molecule has 1 N–H and O–H groups in total. The van der Waals surface area contributed by atoms with Gasteiger partial charge in [0.2, 0.25) is 0 Å².